The van der Waals surface area contributed by atoms with Crippen molar-refractivity contribution >= 4 is 37.7 Å². The minimum Gasteiger partial charge on any atom is -0.459 e. The van der Waals surface area contributed by atoms with Crippen molar-refractivity contribution in [2.75, 3.05) is 25.4 Å². The number of nitrogens with zero attached hydrogens (tertiary/aromatic N) is 1. The van der Waals surface area contributed by atoms with E-state index in [1.807, 2.05) is 0 Å². The summed E-state index contributed by atoms with van der Waals surface area (Å²) in [5, 5.41) is 2.87. The molecule has 0 fully saturated rings. The number of benzene rings is 1. The maximum atomic E-state index is 12.4. The van der Waals surface area contributed by atoms with Crippen molar-refractivity contribution < 1.29 is 32.1 Å². The van der Waals surface area contributed by atoms with Gasteiger partial charge in [-0.15, -0.1) is 0 Å². The molecule has 0 aliphatic carbocycles. The molecular formula is C15H18N2O7S2. The summed E-state index contributed by atoms with van der Waals surface area (Å²) in [5.41, 5.74) is 0.605. The molecule has 2 rings (SSSR count). The van der Waals surface area contributed by atoms with Crippen LogP contribution in [0.1, 0.15) is 27.6 Å². The van der Waals surface area contributed by atoms with E-state index in [2.05, 4.69) is 5.32 Å². The van der Waals surface area contributed by atoms with E-state index in [-0.39, 0.29) is 25.4 Å². The second-order valence-electron chi connectivity index (χ2n) is 5.45. The first-order valence-corrected chi connectivity index (χ1v) is 10.6. The molecule has 0 radical (unpaired) electrons. The van der Waals surface area contributed by atoms with Crippen LogP contribution < -0.4 is 5.32 Å². The summed E-state index contributed by atoms with van der Waals surface area (Å²) >= 11 is 0. The standard InChI is InChI=1S/C15H18N2O7S2/c1-10(18)24-11(8-16-6-7-25-26(21,22)23)9-17-14(19)12-4-2-3-5-13(12)15(17)20/h2-5,11,16H,6-9H2,1H3,(H,21,22,23). The van der Waals surface area contributed by atoms with Gasteiger partial charge in [0.1, 0.15) is 6.10 Å². The van der Waals surface area contributed by atoms with Gasteiger partial charge in [0, 0.05) is 25.8 Å². The smallest absolute Gasteiger partial charge is 0.319 e. The molecule has 0 bridgehead atoms. The molecule has 1 unspecified atom stereocenters. The number of hydrogen-bond acceptors (Lipinski definition) is 8. The maximum absolute atomic E-state index is 12.4. The summed E-state index contributed by atoms with van der Waals surface area (Å²) in [6.45, 7) is 1.41. The largest absolute Gasteiger partial charge is 0.459 e. The van der Waals surface area contributed by atoms with Crippen molar-refractivity contribution in [1.29, 1.82) is 0 Å². The summed E-state index contributed by atoms with van der Waals surface area (Å²) in [6.07, 6.45) is -0.787. The fraction of sp³-hybridized carbons (Fsp3) is 0.400. The molecule has 0 spiro atoms. The molecule has 2 N–H and O–H groups in total. The van der Waals surface area contributed by atoms with Crippen molar-refractivity contribution in [1.82, 2.24) is 10.2 Å². The average Bonchev–Trinajstić information content (AvgIpc) is 2.78. The molecule has 1 heterocycles. The first-order chi connectivity index (χ1) is 12.2. The number of esters is 1. The Hall–Kier alpha value is -1.95. The molecule has 11 heteroatoms. The highest BCUT2D eigenvalue weighted by Crippen LogP contribution is 2.22. The van der Waals surface area contributed by atoms with Crippen LogP contribution in [0.3, 0.4) is 0 Å². The van der Waals surface area contributed by atoms with Crippen molar-refractivity contribution in [3.63, 3.8) is 0 Å². The third-order valence-electron chi connectivity index (χ3n) is 3.48. The van der Waals surface area contributed by atoms with E-state index < -0.39 is 33.0 Å². The van der Waals surface area contributed by atoms with Gasteiger partial charge >= 0.3 is 15.1 Å². The predicted octanol–water partition coefficient (Wildman–Crippen LogP) is 0.340. The SMILES string of the molecule is CC(=O)OC(CNCCSS(=O)(=O)O)CN1C(=O)c2ccccc2C1=O. The summed E-state index contributed by atoms with van der Waals surface area (Å²) < 4.78 is 35.0. The van der Waals surface area contributed by atoms with Crippen LogP contribution in [0, 0.1) is 0 Å². The van der Waals surface area contributed by atoms with Crippen molar-refractivity contribution in [2.24, 2.45) is 0 Å². The Bertz CT molecular complexity index is 775. The monoisotopic (exact) mass is 402 g/mol. The van der Waals surface area contributed by atoms with Crippen LogP contribution in [-0.4, -0.2) is 67.1 Å². The number of carbonyl (C=O) groups is 3. The predicted molar refractivity (Wildman–Crippen MR) is 94.2 cm³/mol. The van der Waals surface area contributed by atoms with Crippen LogP contribution in [0.25, 0.3) is 0 Å². The van der Waals surface area contributed by atoms with Gasteiger partial charge in [0.25, 0.3) is 11.8 Å². The lowest BCUT2D eigenvalue weighted by Crippen LogP contribution is -2.43. The number of imide groups is 1. The Labute approximate surface area is 154 Å². The zero-order valence-electron chi connectivity index (χ0n) is 13.9. The van der Waals surface area contributed by atoms with Gasteiger partial charge in [0.15, 0.2) is 0 Å². The normalized spacial score (nSPS) is 15.1. The first kappa shape index (κ1) is 20.4. The Balaban J connectivity index is 1.95. The van der Waals surface area contributed by atoms with Gasteiger partial charge in [-0.05, 0) is 22.9 Å². The number of rotatable bonds is 9. The first-order valence-electron chi connectivity index (χ1n) is 7.64. The number of fused-ring (bicyclic) bond motifs is 1. The molecule has 0 aromatic heterocycles. The van der Waals surface area contributed by atoms with Gasteiger partial charge in [-0.2, -0.15) is 8.42 Å². The summed E-state index contributed by atoms with van der Waals surface area (Å²) in [5.74, 6) is -1.39. The lowest BCUT2D eigenvalue weighted by molar-refractivity contribution is -0.146. The van der Waals surface area contributed by atoms with Gasteiger partial charge in [0.05, 0.1) is 17.7 Å². The number of nitrogens with one attached hydrogen (secondary N) is 1. The molecule has 0 saturated carbocycles. The van der Waals surface area contributed by atoms with Crippen molar-refractivity contribution in [3.05, 3.63) is 35.4 Å². The minimum absolute atomic E-state index is 0.0820. The van der Waals surface area contributed by atoms with E-state index >= 15 is 0 Å². The van der Waals surface area contributed by atoms with E-state index in [0.717, 1.165) is 4.90 Å². The molecule has 1 aliphatic heterocycles. The number of amides is 2. The molecule has 26 heavy (non-hydrogen) atoms. The summed E-state index contributed by atoms with van der Waals surface area (Å²) in [7, 11) is -3.75. The van der Waals surface area contributed by atoms with Gasteiger partial charge < -0.3 is 10.1 Å². The van der Waals surface area contributed by atoms with E-state index in [0.29, 0.717) is 21.9 Å². The Morgan fingerprint density at radius 2 is 1.85 bits per heavy atom. The summed E-state index contributed by atoms with van der Waals surface area (Å²) in [6, 6.07) is 6.43. The molecular weight excluding hydrogens is 384 g/mol. The second kappa shape index (κ2) is 8.62. The molecule has 142 valence electrons. The zero-order chi connectivity index (χ0) is 19.3. The number of hydrogen-bond donors (Lipinski definition) is 2. The van der Waals surface area contributed by atoms with Crippen LogP contribution in [-0.2, 0) is 18.7 Å². The lowest BCUT2D eigenvalue weighted by Gasteiger charge is -2.22. The topological polar surface area (TPSA) is 130 Å². The van der Waals surface area contributed by atoms with Crippen LogP contribution in [0.5, 0.6) is 0 Å². The van der Waals surface area contributed by atoms with Crippen molar-refractivity contribution in [3.8, 4) is 0 Å². The van der Waals surface area contributed by atoms with E-state index in [1.54, 1.807) is 24.3 Å². The third-order valence-corrected chi connectivity index (χ3v) is 5.54. The van der Waals surface area contributed by atoms with Gasteiger partial charge in [-0.1, -0.05) is 12.1 Å². The van der Waals surface area contributed by atoms with Gasteiger partial charge in [-0.3, -0.25) is 23.8 Å². The second-order valence-corrected chi connectivity index (χ2v) is 8.92. The number of carbonyl (C=O) groups excluding carboxylic acids is 3. The Morgan fingerprint density at radius 3 is 2.35 bits per heavy atom. The molecule has 0 saturated heterocycles. The van der Waals surface area contributed by atoms with Gasteiger partial charge in [-0.25, -0.2) is 0 Å². The van der Waals surface area contributed by atoms with Crippen LogP contribution >= 0.6 is 10.8 Å². The minimum atomic E-state index is -4.11. The molecule has 2 amide bonds. The van der Waals surface area contributed by atoms with Crippen molar-refractivity contribution in [2.45, 2.75) is 13.0 Å². The zero-order valence-corrected chi connectivity index (χ0v) is 15.5. The fourth-order valence-corrected chi connectivity index (χ4v) is 3.79. The van der Waals surface area contributed by atoms with Gasteiger partial charge in [0.2, 0.25) is 0 Å². The highest BCUT2D eigenvalue weighted by molar-refractivity contribution is 8.69. The number of ether oxygens (including phenoxy) is 1. The lowest BCUT2D eigenvalue weighted by atomic mass is 10.1. The van der Waals surface area contributed by atoms with E-state index in [9.17, 15) is 22.8 Å². The highest BCUT2D eigenvalue weighted by Gasteiger charge is 2.36. The molecule has 1 aromatic rings. The molecule has 9 nitrogen and oxygen atoms in total. The average molecular weight is 402 g/mol. The fourth-order valence-electron chi connectivity index (χ4n) is 2.47. The van der Waals surface area contributed by atoms with Crippen LogP contribution in [0.15, 0.2) is 24.3 Å². The summed E-state index contributed by atoms with van der Waals surface area (Å²) in [4.78, 5) is 37.0. The van der Waals surface area contributed by atoms with E-state index in [4.69, 9.17) is 9.29 Å². The molecule has 1 aliphatic rings. The third kappa shape index (κ3) is 5.53. The Morgan fingerprint density at radius 1 is 1.27 bits per heavy atom. The molecule has 1 atom stereocenters. The van der Waals surface area contributed by atoms with Crippen LogP contribution in [0.4, 0.5) is 0 Å². The Kier molecular flexibility index (Phi) is 6.75. The molecule has 1 aromatic carbocycles. The quantitative estimate of drug-likeness (QED) is 0.197. The van der Waals surface area contributed by atoms with E-state index in [1.165, 1.54) is 6.92 Å². The van der Waals surface area contributed by atoms with Crippen LogP contribution in [0.2, 0.25) is 0 Å². The highest BCUT2D eigenvalue weighted by atomic mass is 33.1. The maximum Gasteiger partial charge on any atom is 0.319 e.